The molecular weight excluding hydrogens is 264 g/mol. The number of nitrogens with one attached hydrogen (secondary N) is 1. The van der Waals surface area contributed by atoms with Crippen LogP contribution in [0.15, 0.2) is 30.3 Å². The van der Waals surface area contributed by atoms with Gasteiger partial charge in [0.15, 0.2) is 5.17 Å². The molecule has 0 bridgehead atoms. The summed E-state index contributed by atoms with van der Waals surface area (Å²) < 4.78 is 5.38. The monoisotopic (exact) mass is 276 g/mol. The van der Waals surface area contributed by atoms with Crippen LogP contribution in [0.25, 0.3) is 0 Å². The van der Waals surface area contributed by atoms with Crippen molar-refractivity contribution in [1.29, 1.82) is 5.41 Å². The Morgan fingerprint density at radius 1 is 1.36 bits per heavy atom. The minimum Gasteiger partial charge on any atom is -0.493 e. The molecule has 0 aromatic heterocycles. The van der Waals surface area contributed by atoms with E-state index in [1.807, 2.05) is 30.3 Å². The highest BCUT2D eigenvalue weighted by Crippen LogP contribution is 2.08. The van der Waals surface area contributed by atoms with Crippen LogP contribution in [-0.2, 0) is 0 Å². The Balaban J connectivity index is 0.00000169. The number of amidine groups is 1. The van der Waals surface area contributed by atoms with E-state index in [9.17, 15) is 0 Å². The fraction of sp³-hybridized carbons (Fsp3) is 0.222. The molecule has 0 atom stereocenters. The Bertz CT molecular complexity index is 269. The second kappa shape index (κ2) is 7.70. The summed E-state index contributed by atoms with van der Waals surface area (Å²) in [6.07, 6.45) is 0. The smallest absolute Gasteiger partial charge is 0.151 e. The molecule has 1 aromatic rings. The quantitative estimate of drug-likeness (QED) is 0.504. The summed E-state index contributed by atoms with van der Waals surface area (Å²) in [6, 6.07) is 9.59. The van der Waals surface area contributed by atoms with Gasteiger partial charge in [0.2, 0.25) is 0 Å². The van der Waals surface area contributed by atoms with Crippen molar-refractivity contribution in [3.05, 3.63) is 30.3 Å². The van der Waals surface area contributed by atoms with E-state index in [4.69, 9.17) is 15.9 Å². The molecule has 3 N–H and O–H groups in total. The summed E-state index contributed by atoms with van der Waals surface area (Å²) in [7, 11) is 0. The summed E-state index contributed by atoms with van der Waals surface area (Å²) in [5.74, 6) is 1.57. The summed E-state index contributed by atoms with van der Waals surface area (Å²) >= 11 is 1.29. The van der Waals surface area contributed by atoms with E-state index >= 15 is 0 Å². The lowest BCUT2D eigenvalue weighted by molar-refractivity contribution is 0.344. The lowest BCUT2D eigenvalue weighted by Crippen LogP contribution is -2.08. The molecule has 0 saturated heterocycles. The predicted molar refractivity (Wildman–Crippen MR) is 66.6 cm³/mol. The third-order valence-corrected chi connectivity index (χ3v) is 2.03. The molecule has 0 spiro atoms. The fourth-order valence-electron chi connectivity index (χ4n) is 0.828. The van der Waals surface area contributed by atoms with Crippen LogP contribution in [0.1, 0.15) is 0 Å². The van der Waals surface area contributed by atoms with Crippen LogP contribution in [0.4, 0.5) is 0 Å². The van der Waals surface area contributed by atoms with E-state index in [0.717, 1.165) is 5.75 Å². The summed E-state index contributed by atoms with van der Waals surface area (Å²) in [6.45, 7) is 0.578. The number of hydrogen-bond acceptors (Lipinski definition) is 3. The summed E-state index contributed by atoms with van der Waals surface area (Å²) in [4.78, 5) is 0. The number of ether oxygens (including phenoxy) is 1. The Kier molecular flexibility index (Phi) is 7.32. The molecule has 0 amide bonds. The van der Waals surface area contributed by atoms with E-state index < -0.39 is 0 Å². The first-order valence-corrected chi connectivity index (χ1v) is 4.92. The maximum atomic E-state index is 6.96. The van der Waals surface area contributed by atoms with Crippen molar-refractivity contribution < 1.29 is 4.74 Å². The number of para-hydroxylation sites is 1. The molecular formula is C9H13BrN2OS. The van der Waals surface area contributed by atoms with Crippen LogP contribution in [0.3, 0.4) is 0 Å². The fourth-order valence-corrected chi connectivity index (χ4v) is 1.21. The van der Waals surface area contributed by atoms with E-state index in [1.165, 1.54) is 11.8 Å². The molecule has 5 heteroatoms. The molecule has 0 unspecified atom stereocenters. The predicted octanol–water partition coefficient (Wildman–Crippen LogP) is 2.27. The van der Waals surface area contributed by atoms with E-state index in [2.05, 4.69) is 0 Å². The average Bonchev–Trinajstić information content (AvgIpc) is 2.14. The molecule has 1 rings (SSSR count). The first-order chi connectivity index (χ1) is 6.29. The van der Waals surface area contributed by atoms with Crippen molar-refractivity contribution in [3.8, 4) is 5.75 Å². The zero-order valence-corrected chi connectivity index (χ0v) is 10.1. The minimum absolute atomic E-state index is 0. The van der Waals surface area contributed by atoms with Crippen LogP contribution < -0.4 is 10.5 Å². The largest absolute Gasteiger partial charge is 0.493 e. The first-order valence-electron chi connectivity index (χ1n) is 3.93. The number of nitrogens with two attached hydrogens (primary N) is 1. The zero-order valence-electron chi connectivity index (χ0n) is 7.60. The standard InChI is InChI=1S/C9H12N2OS.BrH/c10-9(11)13-7-6-12-8-4-2-1-3-5-8;/h1-5H,6-7H2,(H3,10,11);1H. The summed E-state index contributed by atoms with van der Waals surface area (Å²) in [5.41, 5.74) is 5.16. The van der Waals surface area contributed by atoms with Gasteiger partial charge in [0.05, 0.1) is 6.61 Å². The normalized spacial score (nSPS) is 8.86. The molecule has 0 fully saturated rings. The van der Waals surface area contributed by atoms with Gasteiger partial charge in [-0.2, -0.15) is 0 Å². The van der Waals surface area contributed by atoms with Gasteiger partial charge >= 0.3 is 0 Å². The second-order valence-electron chi connectivity index (χ2n) is 2.37. The topological polar surface area (TPSA) is 59.1 Å². The van der Waals surface area contributed by atoms with Gasteiger partial charge < -0.3 is 10.5 Å². The first kappa shape index (κ1) is 13.3. The molecule has 0 radical (unpaired) electrons. The van der Waals surface area contributed by atoms with Crippen molar-refractivity contribution in [2.24, 2.45) is 5.73 Å². The van der Waals surface area contributed by atoms with Crippen LogP contribution in [-0.4, -0.2) is 17.5 Å². The second-order valence-corrected chi connectivity index (χ2v) is 3.51. The lowest BCUT2D eigenvalue weighted by atomic mass is 10.3. The average molecular weight is 277 g/mol. The highest BCUT2D eigenvalue weighted by molar-refractivity contribution is 8.93. The third-order valence-electron chi connectivity index (χ3n) is 1.35. The summed E-state index contributed by atoms with van der Waals surface area (Å²) in [5, 5.41) is 7.10. The maximum absolute atomic E-state index is 6.96. The van der Waals surface area contributed by atoms with Gasteiger partial charge in [-0.25, -0.2) is 0 Å². The molecule has 0 aliphatic heterocycles. The highest BCUT2D eigenvalue weighted by Gasteiger charge is 1.93. The van der Waals surface area contributed by atoms with Gasteiger partial charge in [-0.05, 0) is 12.1 Å². The Morgan fingerprint density at radius 3 is 2.57 bits per heavy atom. The van der Waals surface area contributed by atoms with Crippen molar-refractivity contribution in [2.75, 3.05) is 12.4 Å². The maximum Gasteiger partial charge on any atom is 0.151 e. The highest BCUT2D eigenvalue weighted by atomic mass is 79.9. The van der Waals surface area contributed by atoms with Crippen molar-refractivity contribution in [1.82, 2.24) is 0 Å². The lowest BCUT2D eigenvalue weighted by Gasteiger charge is -2.04. The molecule has 0 aliphatic carbocycles. The van der Waals surface area contributed by atoms with Gasteiger partial charge in [-0.15, -0.1) is 17.0 Å². The van der Waals surface area contributed by atoms with Crippen LogP contribution in [0.5, 0.6) is 5.75 Å². The van der Waals surface area contributed by atoms with Crippen molar-refractivity contribution in [3.63, 3.8) is 0 Å². The Hall–Kier alpha value is -0.680. The number of hydrogen-bond donors (Lipinski definition) is 2. The number of rotatable bonds is 4. The van der Waals surface area contributed by atoms with Crippen molar-refractivity contribution >= 4 is 33.9 Å². The number of halogens is 1. The van der Waals surface area contributed by atoms with Gasteiger partial charge in [-0.1, -0.05) is 30.0 Å². The van der Waals surface area contributed by atoms with Gasteiger partial charge in [-0.3, -0.25) is 5.41 Å². The van der Waals surface area contributed by atoms with Gasteiger partial charge in [0.1, 0.15) is 5.75 Å². The molecule has 0 saturated carbocycles. The Labute approximate surface area is 98.3 Å². The molecule has 14 heavy (non-hydrogen) atoms. The Morgan fingerprint density at radius 2 is 2.00 bits per heavy atom. The molecule has 0 aliphatic rings. The molecule has 1 aromatic carbocycles. The molecule has 0 heterocycles. The van der Waals surface area contributed by atoms with E-state index in [0.29, 0.717) is 12.4 Å². The van der Waals surface area contributed by atoms with Crippen LogP contribution >= 0.6 is 28.7 Å². The minimum atomic E-state index is 0. The van der Waals surface area contributed by atoms with E-state index in [-0.39, 0.29) is 22.1 Å². The number of thioether (sulfide) groups is 1. The van der Waals surface area contributed by atoms with Gasteiger partial charge in [0, 0.05) is 5.75 Å². The SMILES string of the molecule is Br.N=C(N)SCCOc1ccccc1. The van der Waals surface area contributed by atoms with E-state index in [1.54, 1.807) is 0 Å². The molecule has 3 nitrogen and oxygen atoms in total. The zero-order chi connectivity index (χ0) is 9.52. The third kappa shape index (κ3) is 5.88. The van der Waals surface area contributed by atoms with Crippen molar-refractivity contribution in [2.45, 2.75) is 0 Å². The van der Waals surface area contributed by atoms with Crippen LogP contribution in [0.2, 0.25) is 0 Å². The number of benzene rings is 1. The van der Waals surface area contributed by atoms with Gasteiger partial charge in [0.25, 0.3) is 0 Å². The van der Waals surface area contributed by atoms with Crippen LogP contribution in [0, 0.1) is 5.41 Å². The molecule has 78 valence electrons.